The molecule has 2 aromatic carbocycles. The smallest absolute Gasteiger partial charge is 0.231 e. The molecule has 0 radical (unpaired) electrons. The summed E-state index contributed by atoms with van der Waals surface area (Å²) in [6, 6.07) is 21.8. The molecule has 0 unspecified atom stereocenters. The Labute approximate surface area is 159 Å². The first kappa shape index (κ1) is 16.9. The number of rotatable bonds is 6. The van der Waals surface area contributed by atoms with Crippen molar-refractivity contribution in [2.75, 3.05) is 5.75 Å². The largest absolute Gasteiger partial charge is 0.344 e. The quantitative estimate of drug-likeness (QED) is 0.481. The number of aromatic amines is 1. The van der Waals surface area contributed by atoms with Crippen LogP contribution < -0.4 is 5.32 Å². The van der Waals surface area contributed by atoms with Crippen molar-refractivity contribution in [1.82, 2.24) is 15.3 Å². The summed E-state index contributed by atoms with van der Waals surface area (Å²) in [5, 5.41) is 5.94. The molecule has 1 amide bonds. The summed E-state index contributed by atoms with van der Waals surface area (Å²) in [4.78, 5) is 21.4. The summed E-state index contributed by atoms with van der Waals surface area (Å²) in [5.74, 6) is 0.298. The van der Waals surface area contributed by atoms with Gasteiger partial charge in [0, 0.05) is 4.88 Å². The van der Waals surface area contributed by atoms with E-state index in [-0.39, 0.29) is 11.9 Å². The number of para-hydroxylation sites is 2. The number of hydrogen-bond donors (Lipinski definition) is 2. The molecule has 4 aromatic rings. The van der Waals surface area contributed by atoms with Gasteiger partial charge in [-0.15, -0.1) is 11.3 Å². The van der Waals surface area contributed by atoms with Crippen molar-refractivity contribution in [3.63, 3.8) is 0 Å². The SMILES string of the molecule is O=C(CSc1nc2ccccc2[nH]1)N[C@@H](c1ccccc1)c1cccs1. The summed E-state index contributed by atoms with van der Waals surface area (Å²) in [6.45, 7) is 0. The lowest BCUT2D eigenvalue weighted by Gasteiger charge is -2.17. The molecular weight excluding hydrogens is 362 g/mol. The Kier molecular flexibility index (Phi) is 5.04. The zero-order valence-electron chi connectivity index (χ0n) is 13.9. The molecule has 26 heavy (non-hydrogen) atoms. The Morgan fingerprint density at radius 2 is 1.88 bits per heavy atom. The first-order valence-electron chi connectivity index (χ1n) is 8.25. The van der Waals surface area contributed by atoms with E-state index in [0.29, 0.717) is 5.75 Å². The van der Waals surface area contributed by atoms with Crippen LogP contribution in [0.15, 0.2) is 77.3 Å². The van der Waals surface area contributed by atoms with Gasteiger partial charge in [0.2, 0.25) is 5.91 Å². The number of imidazole rings is 1. The van der Waals surface area contributed by atoms with E-state index in [2.05, 4.69) is 21.4 Å². The number of thiophene rings is 1. The Morgan fingerprint density at radius 1 is 1.08 bits per heavy atom. The number of aromatic nitrogens is 2. The van der Waals surface area contributed by atoms with E-state index in [4.69, 9.17) is 0 Å². The molecule has 0 saturated heterocycles. The lowest BCUT2D eigenvalue weighted by atomic mass is 10.1. The third-order valence-electron chi connectivity index (χ3n) is 3.97. The van der Waals surface area contributed by atoms with Crippen LogP contribution in [0.5, 0.6) is 0 Å². The van der Waals surface area contributed by atoms with Crippen LogP contribution in [0.25, 0.3) is 11.0 Å². The van der Waals surface area contributed by atoms with Gasteiger partial charge in [-0.05, 0) is 29.1 Å². The van der Waals surface area contributed by atoms with Crippen molar-refractivity contribution in [3.8, 4) is 0 Å². The lowest BCUT2D eigenvalue weighted by molar-refractivity contribution is -0.119. The molecule has 1 atom stereocenters. The Hall–Kier alpha value is -2.57. The highest BCUT2D eigenvalue weighted by Crippen LogP contribution is 2.26. The minimum atomic E-state index is -0.125. The van der Waals surface area contributed by atoms with E-state index in [1.165, 1.54) is 11.8 Å². The normalized spacial score (nSPS) is 12.2. The number of fused-ring (bicyclic) bond motifs is 1. The lowest BCUT2D eigenvalue weighted by Crippen LogP contribution is -2.30. The van der Waals surface area contributed by atoms with E-state index in [0.717, 1.165) is 26.6 Å². The van der Waals surface area contributed by atoms with Crippen molar-refractivity contribution in [2.45, 2.75) is 11.2 Å². The van der Waals surface area contributed by atoms with E-state index in [1.54, 1.807) is 11.3 Å². The van der Waals surface area contributed by atoms with E-state index < -0.39 is 0 Å². The van der Waals surface area contributed by atoms with Gasteiger partial charge in [-0.2, -0.15) is 0 Å². The summed E-state index contributed by atoms with van der Waals surface area (Å²) < 4.78 is 0. The molecule has 0 fully saturated rings. The monoisotopic (exact) mass is 379 g/mol. The number of carbonyl (C=O) groups excluding carboxylic acids is 1. The predicted molar refractivity (Wildman–Crippen MR) is 108 cm³/mol. The molecule has 2 heterocycles. The Morgan fingerprint density at radius 3 is 2.65 bits per heavy atom. The molecule has 0 aliphatic carbocycles. The number of H-pyrrole nitrogens is 1. The second-order valence-electron chi connectivity index (χ2n) is 5.77. The Bertz CT molecular complexity index is 963. The van der Waals surface area contributed by atoms with E-state index >= 15 is 0 Å². The van der Waals surface area contributed by atoms with Crippen LogP contribution in [0.3, 0.4) is 0 Å². The average Bonchev–Trinajstić information content (AvgIpc) is 3.34. The van der Waals surface area contributed by atoms with Crippen molar-refractivity contribution in [1.29, 1.82) is 0 Å². The van der Waals surface area contributed by atoms with Gasteiger partial charge in [0.05, 0.1) is 22.8 Å². The minimum absolute atomic E-state index is 0.0160. The second-order valence-corrected chi connectivity index (χ2v) is 7.72. The predicted octanol–water partition coefficient (Wildman–Crippen LogP) is 4.62. The van der Waals surface area contributed by atoms with Crippen LogP contribution in [0, 0.1) is 0 Å². The van der Waals surface area contributed by atoms with Crippen LogP contribution in [0.1, 0.15) is 16.5 Å². The van der Waals surface area contributed by atoms with Gasteiger partial charge in [0.15, 0.2) is 5.16 Å². The highest BCUT2D eigenvalue weighted by atomic mass is 32.2. The maximum atomic E-state index is 12.5. The van der Waals surface area contributed by atoms with Gasteiger partial charge in [-0.1, -0.05) is 60.3 Å². The average molecular weight is 380 g/mol. The highest BCUT2D eigenvalue weighted by Gasteiger charge is 2.18. The number of thioether (sulfide) groups is 1. The van der Waals surface area contributed by atoms with Gasteiger partial charge < -0.3 is 10.3 Å². The highest BCUT2D eigenvalue weighted by molar-refractivity contribution is 7.99. The molecule has 0 saturated carbocycles. The van der Waals surface area contributed by atoms with Gasteiger partial charge in [0.25, 0.3) is 0 Å². The fourth-order valence-corrected chi connectivity index (χ4v) is 4.25. The van der Waals surface area contributed by atoms with Gasteiger partial charge >= 0.3 is 0 Å². The molecule has 2 aromatic heterocycles. The fraction of sp³-hybridized carbons (Fsp3) is 0.100. The molecular formula is C20H17N3OS2. The van der Waals surface area contributed by atoms with Crippen molar-refractivity contribution in [2.24, 2.45) is 0 Å². The number of nitrogens with one attached hydrogen (secondary N) is 2. The second kappa shape index (κ2) is 7.76. The summed E-state index contributed by atoms with van der Waals surface area (Å²) in [6.07, 6.45) is 0. The van der Waals surface area contributed by atoms with Crippen molar-refractivity contribution < 1.29 is 4.79 Å². The summed E-state index contributed by atoms with van der Waals surface area (Å²) in [7, 11) is 0. The Balaban J connectivity index is 1.45. The van der Waals surface area contributed by atoms with E-state index in [9.17, 15) is 4.79 Å². The van der Waals surface area contributed by atoms with Gasteiger partial charge in [0.1, 0.15) is 0 Å². The van der Waals surface area contributed by atoms with Crippen LogP contribution in [0.4, 0.5) is 0 Å². The van der Waals surface area contributed by atoms with Crippen molar-refractivity contribution in [3.05, 3.63) is 82.6 Å². The molecule has 2 N–H and O–H groups in total. The zero-order chi connectivity index (χ0) is 17.8. The summed E-state index contributed by atoms with van der Waals surface area (Å²) in [5.41, 5.74) is 2.98. The molecule has 4 nitrogen and oxygen atoms in total. The minimum Gasteiger partial charge on any atom is -0.344 e. The number of hydrogen-bond acceptors (Lipinski definition) is 4. The van der Waals surface area contributed by atoms with Crippen LogP contribution in [-0.4, -0.2) is 21.6 Å². The van der Waals surface area contributed by atoms with Crippen LogP contribution in [0.2, 0.25) is 0 Å². The fourth-order valence-electron chi connectivity index (χ4n) is 2.75. The van der Waals surface area contributed by atoms with Crippen LogP contribution >= 0.6 is 23.1 Å². The molecule has 6 heteroatoms. The first-order valence-corrected chi connectivity index (χ1v) is 10.1. The topological polar surface area (TPSA) is 57.8 Å². The number of carbonyl (C=O) groups is 1. The summed E-state index contributed by atoms with van der Waals surface area (Å²) >= 11 is 3.06. The van der Waals surface area contributed by atoms with Crippen LogP contribution in [-0.2, 0) is 4.79 Å². The number of amides is 1. The molecule has 0 spiro atoms. The van der Waals surface area contributed by atoms with Crippen molar-refractivity contribution >= 4 is 40.0 Å². The van der Waals surface area contributed by atoms with Gasteiger partial charge in [-0.3, -0.25) is 4.79 Å². The molecule has 130 valence electrons. The first-order chi connectivity index (χ1) is 12.8. The number of benzene rings is 2. The molecule has 0 aliphatic rings. The molecule has 0 aliphatic heterocycles. The number of nitrogens with zero attached hydrogens (tertiary/aromatic N) is 1. The van der Waals surface area contributed by atoms with Gasteiger partial charge in [-0.25, -0.2) is 4.98 Å². The molecule has 0 bridgehead atoms. The standard InChI is InChI=1S/C20H17N3OS2/c24-18(13-26-20-21-15-9-4-5-10-16(15)22-20)23-19(17-11-6-12-25-17)14-7-2-1-3-8-14/h1-12,19H,13H2,(H,21,22)(H,23,24)/t19-/m0/s1. The third-order valence-corrected chi connectivity index (χ3v) is 5.78. The molecule has 4 rings (SSSR count). The maximum Gasteiger partial charge on any atom is 0.231 e. The maximum absolute atomic E-state index is 12.5. The van der Waals surface area contributed by atoms with E-state index in [1.807, 2.05) is 66.0 Å². The zero-order valence-corrected chi connectivity index (χ0v) is 15.5. The third kappa shape index (κ3) is 3.81.